The summed E-state index contributed by atoms with van der Waals surface area (Å²) in [5, 5.41) is 6.97. The van der Waals surface area contributed by atoms with Crippen LogP contribution in [0.1, 0.15) is 5.56 Å². The number of hydrogen-bond acceptors (Lipinski definition) is 7. The number of halogens is 2. The molecule has 7 nitrogen and oxygen atoms in total. The zero-order valence-electron chi connectivity index (χ0n) is 18.0. The third-order valence-corrected chi connectivity index (χ3v) is 6.01. The number of ether oxygens (including phenoxy) is 1. The van der Waals surface area contributed by atoms with Crippen LogP contribution in [0.2, 0.25) is 0 Å². The number of rotatable bonds is 4. The molecule has 9 heteroatoms. The molecule has 2 aliphatic heterocycles. The van der Waals surface area contributed by atoms with Crippen LogP contribution in [-0.4, -0.2) is 62.5 Å². The van der Waals surface area contributed by atoms with Gasteiger partial charge in [-0.2, -0.15) is 0 Å². The van der Waals surface area contributed by atoms with E-state index in [1.54, 1.807) is 6.20 Å². The molecule has 2 N–H and O–H groups in total. The van der Waals surface area contributed by atoms with Crippen molar-refractivity contribution in [3.8, 4) is 0 Å². The molecule has 0 spiro atoms. The molecule has 3 aromatic rings. The van der Waals surface area contributed by atoms with Crippen LogP contribution in [0.3, 0.4) is 0 Å². The summed E-state index contributed by atoms with van der Waals surface area (Å²) in [6.45, 7) is 8.11. The van der Waals surface area contributed by atoms with E-state index in [0.29, 0.717) is 24.4 Å². The SMILES string of the molecule is Cc1c(N2CCNCC2)nc2cc(F)cc(F)c2c1Nc1cncc(N2CCOCC2)c1. The summed E-state index contributed by atoms with van der Waals surface area (Å²) in [6, 6.07) is 4.19. The van der Waals surface area contributed by atoms with Gasteiger partial charge in [-0.3, -0.25) is 4.98 Å². The van der Waals surface area contributed by atoms with E-state index in [0.717, 1.165) is 68.1 Å². The highest BCUT2D eigenvalue weighted by Crippen LogP contribution is 2.37. The van der Waals surface area contributed by atoms with Gasteiger partial charge in [0.15, 0.2) is 0 Å². The third kappa shape index (κ3) is 4.05. The number of pyridine rings is 2. The van der Waals surface area contributed by atoms with Gasteiger partial charge in [0.05, 0.1) is 53.6 Å². The Balaban J connectivity index is 1.58. The van der Waals surface area contributed by atoms with Crippen LogP contribution in [0, 0.1) is 18.6 Å². The Hall–Kier alpha value is -3.04. The van der Waals surface area contributed by atoms with Crippen LogP contribution in [0.25, 0.3) is 10.9 Å². The standard InChI is InChI=1S/C23H26F2N6O/c1-15-22(28-17-12-18(14-27-13-17)30-6-8-32-9-7-30)21-19(25)10-16(24)11-20(21)29-23(15)31-4-2-26-3-5-31/h10-14,26H,2-9H2,1H3,(H,28,29). The van der Waals surface area contributed by atoms with Crippen molar-refractivity contribution < 1.29 is 13.5 Å². The summed E-state index contributed by atoms with van der Waals surface area (Å²) >= 11 is 0. The monoisotopic (exact) mass is 440 g/mol. The van der Waals surface area contributed by atoms with Gasteiger partial charge < -0.3 is 25.2 Å². The van der Waals surface area contributed by atoms with E-state index >= 15 is 0 Å². The normalized spacial score (nSPS) is 17.1. The highest BCUT2D eigenvalue weighted by atomic mass is 19.1. The van der Waals surface area contributed by atoms with Crippen molar-refractivity contribution in [3.05, 3.63) is 47.8 Å². The van der Waals surface area contributed by atoms with Crippen molar-refractivity contribution in [2.45, 2.75) is 6.92 Å². The van der Waals surface area contributed by atoms with Crippen molar-refractivity contribution in [2.75, 3.05) is 67.6 Å². The molecule has 5 rings (SSSR count). The number of hydrogen-bond donors (Lipinski definition) is 2. The molecule has 0 unspecified atom stereocenters. The number of benzene rings is 1. The molecular weight excluding hydrogens is 414 g/mol. The lowest BCUT2D eigenvalue weighted by molar-refractivity contribution is 0.122. The fourth-order valence-corrected chi connectivity index (χ4v) is 4.37. The molecule has 168 valence electrons. The number of fused-ring (bicyclic) bond motifs is 1. The van der Waals surface area contributed by atoms with E-state index in [4.69, 9.17) is 4.74 Å². The van der Waals surface area contributed by atoms with Crippen molar-refractivity contribution in [3.63, 3.8) is 0 Å². The van der Waals surface area contributed by atoms with Gasteiger partial charge in [-0.05, 0) is 13.0 Å². The molecule has 2 fully saturated rings. The van der Waals surface area contributed by atoms with Gasteiger partial charge in [-0.25, -0.2) is 13.8 Å². The van der Waals surface area contributed by atoms with Gasteiger partial charge in [-0.1, -0.05) is 0 Å². The van der Waals surface area contributed by atoms with Crippen molar-refractivity contribution in [2.24, 2.45) is 0 Å². The largest absolute Gasteiger partial charge is 0.378 e. The van der Waals surface area contributed by atoms with Crippen LogP contribution in [0.5, 0.6) is 0 Å². The fraction of sp³-hybridized carbons (Fsp3) is 0.391. The molecule has 0 saturated carbocycles. The first kappa shape index (κ1) is 20.8. The quantitative estimate of drug-likeness (QED) is 0.646. The predicted molar refractivity (Wildman–Crippen MR) is 122 cm³/mol. The van der Waals surface area contributed by atoms with Crippen molar-refractivity contribution >= 4 is 33.8 Å². The van der Waals surface area contributed by atoms with Gasteiger partial charge in [0.1, 0.15) is 17.5 Å². The van der Waals surface area contributed by atoms with Crippen molar-refractivity contribution in [1.29, 1.82) is 0 Å². The first-order valence-electron chi connectivity index (χ1n) is 10.9. The number of nitrogens with one attached hydrogen (secondary N) is 2. The zero-order valence-corrected chi connectivity index (χ0v) is 18.0. The molecule has 2 aliphatic rings. The number of nitrogens with zero attached hydrogens (tertiary/aromatic N) is 4. The predicted octanol–water partition coefficient (Wildman–Crippen LogP) is 3.21. The minimum Gasteiger partial charge on any atom is -0.378 e. The van der Waals surface area contributed by atoms with Gasteiger partial charge in [0, 0.05) is 57.0 Å². The van der Waals surface area contributed by atoms with Gasteiger partial charge in [-0.15, -0.1) is 0 Å². The van der Waals surface area contributed by atoms with Gasteiger partial charge in [0.2, 0.25) is 0 Å². The Kier molecular flexibility index (Phi) is 5.75. The Bertz CT molecular complexity index is 1130. The Morgan fingerprint density at radius 2 is 1.78 bits per heavy atom. The summed E-state index contributed by atoms with van der Waals surface area (Å²) in [4.78, 5) is 13.4. The number of anilines is 4. The van der Waals surface area contributed by atoms with Gasteiger partial charge >= 0.3 is 0 Å². The second-order valence-electron chi connectivity index (χ2n) is 8.11. The van der Waals surface area contributed by atoms with E-state index in [9.17, 15) is 8.78 Å². The minimum absolute atomic E-state index is 0.277. The molecule has 0 aliphatic carbocycles. The summed E-state index contributed by atoms with van der Waals surface area (Å²) in [6.07, 6.45) is 3.53. The molecule has 4 heterocycles. The van der Waals surface area contributed by atoms with Crippen LogP contribution in [-0.2, 0) is 4.74 Å². The topological polar surface area (TPSA) is 65.5 Å². The number of morpholine rings is 1. The Morgan fingerprint density at radius 3 is 2.56 bits per heavy atom. The second-order valence-corrected chi connectivity index (χ2v) is 8.11. The van der Waals surface area contributed by atoms with Crippen LogP contribution in [0.15, 0.2) is 30.6 Å². The molecule has 0 atom stereocenters. The number of piperazine rings is 1. The first-order valence-corrected chi connectivity index (χ1v) is 10.9. The average molecular weight is 440 g/mol. The lowest BCUT2D eigenvalue weighted by Crippen LogP contribution is -2.44. The molecule has 0 amide bonds. The second kappa shape index (κ2) is 8.84. The number of aromatic nitrogens is 2. The smallest absolute Gasteiger partial charge is 0.137 e. The van der Waals surface area contributed by atoms with E-state index in [1.807, 2.05) is 19.2 Å². The molecule has 0 bridgehead atoms. The maximum atomic E-state index is 15.0. The average Bonchev–Trinajstić information content (AvgIpc) is 2.82. The molecule has 1 aromatic carbocycles. The summed E-state index contributed by atoms with van der Waals surface area (Å²) in [5.41, 5.74) is 3.41. The summed E-state index contributed by atoms with van der Waals surface area (Å²) in [5.74, 6) is -0.536. The Labute approximate surface area is 185 Å². The summed E-state index contributed by atoms with van der Waals surface area (Å²) < 4.78 is 34.4. The molecule has 2 aromatic heterocycles. The van der Waals surface area contributed by atoms with Gasteiger partial charge in [0.25, 0.3) is 0 Å². The third-order valence-electron chi connectivity index (χ3n) is 6.01. The molecular formula is C23H26F2N6O. The van der Waals surface area contributed by atoms with Crippen LogP contribution in [0.4, 0.5) is 31.7 Å². The van der Waals surface area contributed by atoms with Crippen LogP contribution >= 0.6 is 0 Å². The maximum Gasteiger partial charge on any atom is 0.137 e. The highest BCUT2D eigenvalue weighted by molar-refractivity contribution is 5.97. The van der Waals surface area contributed by atoms with E-state index < -0.39 is 11.6 Å². The fourth-order valence-electron chi connectivity index (χ4n) is 4.37. The minimum atomic E-state index is -0.639. The molecule has 0 radical (unpaired) electrons. The first-order chi connectivity index (χ1) is 15.6. The Morgan fingerprint density at radius 1 is 1.00 bits per heavy atom. The van der Waals surface area contributed by atoms with Crippen LogP contribution < -0.4 is 20.4 Å². The van der Waals surface area contributed by atoms with E-state index in [1.165, 1.54) is 6.07 Å². The van der Waals surface area contributed by atoms with E-state index in [-0.39, 0.29) is 5.39 Å². The lowest BCUT2D eigenvalue weighted by Gasteiger charge is -2.31. The van der Waals surface area contributed by atoms with Crippen molar-refractivity contribution in [1.82, 2.24) is 15.3 Å². The molecule has 2 saturated heterocycles. The highest BCUT2D eigenvalue weighted by Gasteiger charge is 2.22. The summed E-state index contributed by atoms with van der Waals surface area (Å²) in [7, 11) is 0. The zero-order chi connectivity index (χ0) is 22.1. The maximum absolute atomic E-state index is 15.0. The van der Waals surface area contributed by atoms with E-state index in [2.05, 4.69) is 30.4 Å². The lowest BCUT2D eigenvalue weighted by atomic mass is 10.1. The molecule has 32 heavy (non-hydrogen) atoms.